The minimum absolute atomic E-state index is 0.00820. The predicted octanol–water partition coefficient (Wildman–Crippen LogP) is 1.26. The maximum atomic E-state index is 12.2. The molecule has 7 heteroatoms. The van der Waals surface area contributed by atoms with E-state index >= 15 is 0 Å². The summed E-state index contributed by atoms with van der Waals surface area (Å²) < 4.78 is 5.26. The van der Waals surface area contributed by atoms with E-state index in [0.717, 1.165) is 58.7 Å². The van der Waals surface area contributed by atoms with Gasteiger partial charge in [0.1, 0.15) is 5.75 Å². The highest BCUT2D eigenvalue weighted by molar-refractivity contribution is 5.92. The molecule has 27 heavy (non-hydrogen) atoms. The molecule has 1 aromatic carbocycles. The number of piperazine rings is 1. The zero-order valence-corrected chi connectivity index (χ0v) is 16.2. The van der Waals surface area contributed by atoms with Gasteiger partial charge in [0, 0.05) is 52.2 Å². The first-order valence-corrected chi connectivity index (χ1v) is 9.81. The van der Waals surface area contributed by atoms with E-state index in [-0.39, 0.29) is 11.8 Å². The van der Waals surface area contributed by atoms with Gasteiger partial charge in [-0.15, -0.1) is 0 Å². The average molecular weight is 374 g/mol. The van der Waals surface area contributed by atoms with Crippen molar-refractivity contribution in [2.24, 2.45) is 0 Å². The third-order valence-corrected chi connectivity index (χ3v) is 5.32. The van der Waals surface area contributed by atoms with Gasteiger partial charge in [-0.3, -0.25) is 14.5 Å². The molecule has 0 saturated carbocycles. The summed E-state index contributed by atoms with van der Waals surface area (Å²) >= 11 is 0. The van der Waals surface area contributed by atoms with Crippen LogP contribution in [-0.2, 0) is 9.59 Å². The van der Waals surface area contributed by atoms with E-state index in [1.54, 1.807) is 7.11 Å². The Kier molecular flexibility index (Phi) is 7.06. The summed E-state index contributed by atoms with van der Waals surface area (Å²) in [6, 6.07) is 7.42. The van der Waals surface area contributed by atoms with Crippen LogP contribution in [0.5, 0.6) is 5.75 Å². The molecular weight excluding hydrogens is 344 g/mol. The monoisotopic (exact) mass is 374 g/mol. The highest BCUT2D eigenvalue weighted by Gasteiger charge is 2.23. The number of benzene rings is 1. The van der Waals surface area contributed by atoms with E-state index in [4.69, 9.17) is 4.74 Å². The summed E-state index contributed by atoms with van der Waals surface area (Å²) in [6.07, 6.45) is 2.72. The lowest BCUT2D eigenvalue weighted by atomic mass is 10.2. The molecule has 0 spiro atoms. The van der Waals surface area contributed by atoms with Crippen molar-refractivity contribution in [3.05, 3.63) is 24.3 Å². The van der Waals surface area contributed by atoms with Gasteiger partial charge in [0.15, 0.2) is 0 Å². The molecule has 0 aromatic heterocycles. The molecule has 0 unspecified atom stereocenters. The molecule has 2 saturated heterocycles. The number of nitrogens with zero attached hydrogens (tertiary/aromatic N) is 3. The molecule has 2 amide bonds. The number of para-hydroxylation sites is 2. The highest BCUT2D eigenvalue weighted by Crippen LogP contribution is 2.23. The molecular formula is C20H30N4O3. The van der Waals surface area contributed by atoms with Gasteiger partial charge >= 0.3 is 0 Å². The quantitative estimate of drug-likeness (QED) is 0.779. The number of ether oxygens (including phenoxy) is 1. The fourth-order valence-corrected chi connectivity index (χ4v) is 3.65. The van der Waals surface area contributed by atoms with Crippen LogP contribution in [0.3, 0.4) is 0 Å². The minimum atomic E-state index is -0.00820. The highest BCUT2D eigenvalue weighted by atomic mass is 16.5. The van der Waals surface area contributed by atoms with Crippen molar-refractivity contribution in [3.63, 3.8) is 0 Å². The molecule has 1 N–H and O–H groups in total. The summed E-state index contributed by atoms with van der Waals surface area (Å²) in [6.45, 7) is 6.66. The molecule has 2 aliphatic heterocycles. The number of carbonyl (C=O) groups excluding carboxylic acids is 2. The Balaban J connectivity index is 1.35. The van der Waals surface area contributed by atoms with Gasteiger partial charge in [0.25, 0.3) is 0 Å². The van der Waals surface area contributed by atoms with Crippen LogP contribution >= 0.6 is 0 Å². The summed E-state index contributed by atoms with van der Waals surface area (Å²) in [7, 11) is 1.60. The number of likely N-dealkylation sites (tertiary alicyclic amines) is 1. The molecule has 0 radical (unpaired) electrons. The van der Waals surface area contributed by atoms with Crippen molar-refractivity contribution < 1.29 is 14.3 Å². The summed E-state index contributed by atoms with van der Waals surface area (Å²) in [4.78, 5) is 31.0. The van der Waals surface area contributed by atoms with E-state index in [1.807, 2.05) is 29.2 Å². The topological polar surface area (TPSA) is 65.1 Å². The molecule has 3 rings (SSSR count). The third kappa shape index (κ3) is 5.68. The van der Waals surface area contributed by atoms with Gasteiger partial charge in [0.05, 0.1) is 19.3 Å². The maximum Gasteiger partial charge on any atom is 0.236 e. The number of amides is 2. The van der Waals surface area contributed by atoms with Crippen molar-refractivity contribution in [2.75, 3.05) is 64.8 Å². The van der Waals surface area contributed by atoms with Crippen molar-refractivity contribution in [1.29, 1.82) is 0 Å². The second kappa shape index (κ2) is 9.71. The van der Waals surface area contributed by atoms with Gasteiger partial charge in [-0.05, 0) is 25.0 Å². The second-order valence-corrected chi connectivity index (χ2v) is 7.20. The Morgan fingerprint density at radius 1 is 1.00 bits per heavy atom. The third-order valence-electron chi connectivity index (χ3n) is 5.32. The minimum Gasteiger partial charge on any atom is -0.495 e. The van der Waals surface area contributed by atoms with Crippen LogP contribution in [0.15, 0.2) is 24.3 Å². The zero-order valence-electron chi connectivity index (χ0n) is 16.2. The van der Waals surface area contributed by atoms with Crippen molar-refractivity contribution in [2.45, 2.75) is 19.3 Å². The van der Waals surface area contributed by atoms with Crippen molar-refractivity contribution in [3.8, 4) is 5.75 Å². The van der Waals surface area contributed by atoms with E-state index in [2.05, 4.69) is 15.1 Å². The van der Waals surface area contributed by atoms with Gasteiger partial charge in [-0.25, -0.2) is 0 Å². The molecule has 2 fully saturated rings. The Labute approximate surface area is 161 Å². The zero-order chi connectivity index (χ0) is 19.1. The number of rotatable bonds is 7. The number of hydrogen-bond acceptors (Lipinski definition) is 5. The lowest BCUT2D eigenvalue weighted by Crippen LogP contribution is -2.50. The van der Waals surface area contributed by atoms with E-state index in [0.29, 0.717) is 24.4 Å². The van der Waals surface area contributed by atoms with Crippen LogP contribution in [0.25, 0.3) is 0 Å². The van der Waals surface area contributed by atoms with Gasteiger partial charge < -0.3 is 19.9 Å². The van der Waals surface area contributed by atoms with Gasteiger partial charge in [-0.1, -0.05) is 12.1 Å². The molecule has 1 aromatic rings. The molecule has 2 heterocycles. The van der Waals surface area contributed by atoms with Crippen LogP contribution in [0.2, 0.25) is 0 Å². The van der Waals surface area contributed by atoms with Crippen LogP contribution in [0.4, 0.5) is 5.69 Å². The van der Waals surface area contributed by atoms with Gasteiger partial charge in [0.2, 0.25) is 11.8 Å². The molecule has 0 atom stereocenters. The lowest BCUT2D eigenvalue weighted by molar-refractivity contribution is -0.131. The van der Waals surface area contributed by atoms with Crippen molar-refractivity contribution >= 4 is 17.5 Å². The average Bonchev–Trinajstić information content (AvgIpc) is 3.23. The first-order chi connectivity index (χ1) is 13.2. The SMILES string of the molecule is COc1ccccc1NC(=O)CCN1CCN(CC(=O)N2CCCC2)CC1. The first kappa shape index (κ1) is 19.6. The van der Waals surface area contributed by atoms with E-state index in [1.165, 1.54) is 0 Å². The fourth-order valence-electron chi connectivity index (χ4n) is 3.65. The maximum absolute atomic E-state index is 12.2. The largest absolute Gasteiger partial charge is 0.495 e. The number of anilines is 1. The predicted molar refractivity (Wildman–Crippen MR) is 105 cm³/mol. The molecule has 7 nitrogen and oxygen atoms in total. The van der Waals surface area contributed by atoms with Crippen molar-refractivity contribution in [1.82, 2.24) is 14.7 Å². The Bertz CT molecular complexity index is 638. The van der Waals surface area contributed by atoms with Crippen LogP contribution in [0, 0.1) is 0 Å². The number of nitrogens with one attached hydrogen (secondary N) is 1. The van der Waals surface area contributed by atoms with Crippen LogP contribution in [0.1, 0.15) is 19.3 Å². The smallest absolute Gasteiger partial charge is 0.236 e. The lowest BCUT2D eigenvalue weighted by Gasteiger charge is -2.34. The summed E-state index contributed by atoms with van der Waals surface area (Å²) in [5, 5.41) is 2.92. The molecule has 0 bridgehead atoms. The van der Waals surface area contributed by atoms with E-state index in [9.17, 15) is 9.59 Å². The fraction of sp³-hybridized carbons (Fsp3) is 0.600. The standard InChI is InChI=1S/C20H30N4O3/c1-27-18-7-3-2-6-17(18)21-19(25)8-11-22-12-14-23(15-13-22)16-20(26)24-9-4-5-10-24/h2-3,6-7H,4-5,8-16H2,1H3,(H,21,25). The summed E-state index contributed by atoms with van der Waals surface area (Å²) in [5.74, 6) is 0.922. The second-order valence-electron chi connectivity index (χ2n) is 7.20. The molecule has 148 valence electrons. The van der Waals surface area contributed by atoms with Crippen LogP contribution < -0.4 is 10.1 Å². The Morgan fingerprint density at radius 2 is 1.67 bits per heavy atom. The van der Waals surface area contributed by atoms with Gasteiger partial charge in [-0.2, -0.15) is 0 Å². The molecule has 0 aliphatic carbocycles. The normalized spacial score (nSPS) is 18.5. The Morgan fingerprint density at radius 3 is 2.37 bits per heavy atom. The van der Waals surface area contributed by atoms with E-state index < -0.39 is 0 Å². The number of methoxy groups -OCH3 is 1. The summed E-state index contributed by atoms with van der Waals surface area (Å²) in [5.41, 5.74) is 0.704. The number of hydrogen-bond donors (Lipinski definition) is 1. The Hall–Kier alpha value is -2.12. The number of carbonyl (C=O) groups is 2. The first-order valence-electron chi connectivity index (χ1n) is 9.81. The van der Waals surface area contributed by atoms with Crippen LogP contribution in [-0.4, -0.2) is 86.0 Å². The molecule has 2 aliphatic rings.